The Bertz CT molecular complexity index is 198. The molecule has 0 spiro atoms. The van der Waals surface area contributed by atoms with Crippen molar-refractivity contribution in [2.45, 2.75) is 38.3 Å². The summed E-state index contributed by atoms with van der Waals surface area (Å²) in [6.07, 6.45) is -6.52. The second-order valence-corrected chi connectivity index (χ2v) is 3.10. The zero-order valence-corrected chi connectivity index (χ0v) is 7.91. The summed E-state index contributed by atoms with van der Waals surface area (Å²) in [7, 11) is 0. The summed E-state index contributed by atoms with van der Waals surface area (Å²) in [6, 6.07) is 0. The standard InChI is InChI=1S/C8H14O6/c1-3(9)5(11)7(13)8(14)6(12)4(2)10/h3-6,9-12H,1-2H3/t3-,4?,5+,6?/m0/s1. The molecule has 2 unspecified atom stereocenters. The molecule has 0 aliphatic carbocycles. The maximum absolute atomic E-state index is 11.0. The van der Waals surface area contributed by atoms with Crippen LogP contribution in [-0.2, 0) is 9.59 Å². The maximum Gasteiger partial charge on any atom is 0.232 e. The summed E-state index contributed by atoms with van der Waals surface area (Å²) in [6.45, 7) is 2.26. The molecule has 0 saturated heterocycles. The molecule has 4 N–H and O–H groups in total. The van der Waals surface area contributed by atoms with Crippen LogP contribution < -0.4 is 0 Å². The fourth-order valence-electron chi connectivity index (χ4n) is 0.730. The second-order valence-electron chi connectivity index (χ2n) is 3.10. The third kappa shape index (κ3) is 3.15. The van der Waals surface area contributed by atoms with E-state index in [4.69, 9.17) is 20.4 Å². The fourth-order valence-corrected chi connectivity index (χ4v) is 0.730. The molecule has 0 rings (SSSR count). The Labute approximate surface area is 80.8 Å². The van der Waals surface area contributed by atoms with Crippen LogP contribution in [-0.4, -0.2) is 56.4 Å². The SMILES string of the molecule is CC(O)C(O)C(=O)C(=O)[C@H](O)[C@H](C)O. The zero-order chi connectivity index (χ0) is 11.5. The Hall–Kier alpha value is -0.820. The van der Waals surface area contributed by atoms with Crippen LogP contribution in [0.2, 0.25) is 0 Å². The third-order valence-electron chi connectivity index (χ3n) is 1.69. The highest BCUT2D eigenvalue weighted by Gasteiger charge is 2.33. The normalized spacial score (nSPS) is 19.6. The van der Waals surface area contributed by atoms with Crippen molar-refractivity contribution in [1.29, 1.82) is 0 Å². The predicted octanol–water partition coefficient (Wildman–Crippen LogP) is -2.39. The van der Waals surface area contributed by atoms with E-state index in [2.05, 4.69) is 0 Å². The molecule has 14 heavy (non-hydrogen) atoms. The summed E-state index contributed by atoms with van der Waals surface area (Å²) in [5.74, 6) is -2.62. The molecular weight excluding hydrogens is 192 g/mol. The average molecular weight is 206 g/mol. The molecule has 0 heterocycles. The predicted molar refractivity (Wildman–Crippen MR) is 45.4 cm³/mol. The summed E-state index contributed by atoms with van der Waals surface area (Å²) in [5, 5.41) is 35.6. The summed E-state index contributed by atoms with van der Waals surface area (Å²) < 4.78 is 0. The van der Waals surface area contributed by atoms with Crippen molar-refractivity contribution >= 4 is 11.6 Å². The number of ketones is 2. The molecule has 0 aromatic heterocycles. The van der Waals surface area contributed by atoms with Crippen molar-refractivity contribution in [3.63, 3.8) is 0 Å². The van der Waals surface area contributed by atoms with Gasteiger partial charge in [0.1, 0.15) is 12.2 Å². The molecule has 0 aliphatic rings. The van der Waals surface area contributed by atoms with Crippen LogP contribution >= 0.6 is 0 Å². The highest BCUT2D eigenvalue weighted by atomic mass is 16.3. The number of aliphatic hydroxyl groups is 4. The van der Waals surface area contributed by atoms with Crippen molar-refractivity contribution in [3.8, 4) is 0 Å². The number of carbonyl (C=O) groups is 2. The van der Waals surface area contributed by atoms with Crippen LogP contribution in [0.15, 0.2) is 0 Å². The molecule has 0 fully saturated rings. The van der Waals surface area contributed by atoms with E-state index in [0.717, 1.165) is 13.8 Å². The van der Waals surface area contributed by atoms with Gasteiger partial charge in [-0.25, -0.2) is 0 Å². The molecule has 6 heteroatoms. The minimum absolute atomic E-state index is 1.13. The Kier molecular flexibility index (Phi) is 4.86. The minimum Gasteiger partial charge on any atom is -0.390 e. The molecule has 0 amide bonds. The Balaban J connectivity index is 4.48. The van der Waals surface area contributed by atoms with Gasteiger partial charge in [0.15, 0.2) is 0 Å². The molecule has 4 atom stereocenters. The maximum atomic E-state index is 11.0. The van der Waals surface area contributed by atoms with Gasteiger partial charge in [-0.05, 0) is 13.8 Å². The lowest BCUT2D eigenvalue weighted by Crippen LogP contribution is -2.44. The molecular formula is C8H14O6. The van der Waals surface area contributed by atoms with Crippen molar-refractivity contribution in [1.82, 2.24) is 0 Å². The lowest BCUT2D eigenvalue weighted by atomic mass is 10.0. The van der Waals surface area contributed by atoms with Crippen LogP contribution in [0.5, 0.6) is 0 Å². The van der Waals surface area contributed by atoms with E-state index in [0.29, 0.717) is 0 Å². The Morgan fingerprint density at radius 2 is 1.00 bits per heavy atom. The number of carbonyl (C=O) groups excluding carboxylic acids is 2. The summed E-state index contributed by atoms with van der Waals surface area (Å²) in [5.41, 5.74) is 0. The lowest BCUT2D eigenvalue weighted by molar-refractivity contribution is -0.151. The number of Topliss-reactive ketones (excluding diaryl/α,β-unsaturated/α-hetero) is 2. The summed E-state index contributed by atoms with van der Waals surface area (Å²) >= 11 is 0. The number of hydrogen-bond donors (Lipinski definition) is 4. The highest BCUT2D eigenvalue weighted by molar-refractivity contribution is 6.40. The van der Waals surface area contributed by atoms with Crippen molar-refractivity contribution in [2.75, 3.05) is 0 Å². The van der Waals surface area contributed by atoms with E-state index < -0.39 is 36.0 Å². The number of rotatable bonds is 5. The first-order valence-corrected chi connectivity index (χ1v) is 4.09. The van der Waals surface area contributed by atoms with Crippen LogP contribution in [0.1, 0.15) is 13.8 Å². The molecule has 0 saturated carbocycles. The highest BCUT2D eigenvalue weighted by Crippen LogP contribution is 2.01. The third-order valence-corrected chi connectivity index (χ3v) is 1.69. The van der Waals surface area contributed by atoms with Gasteiger partial charge in [0.2, 0.25) is 11.6 Å². The first-order valence-electron chi connectivity index (χ1n) is 4.09. The second kappa shape index (κ2) is 5.16. The largest absolute Gasteiger partial charge is 0.390 e. The van der Waals surface area contributed by atoms with Gasteiger partial charge in [-0.15, -0.1) is 0 Å². The van der Waals surface area contributed by atoms with E-state index in [1.54, 1.807) is 0 Å². The fraction of sp³-hybridized carbons (Fsp3) is 0.750. The van der Waals surface area contributed by atoms with Crippen LogP contribution in [0.4, 0.5) is 0 Å². The van der Waals surface area contributed by atoms with E-state index in [9.17, 15) is 9.59 Å². The molecule has 82 valence electrons. The monoisotopic (exact) mass is 206 g/mol. The van der Waals surface area contributed by atoms with E-state index >= 15 is 0 Å². The van der Waals surface area contributed by atoms with Crippen molar-refractivity contribution < 1.29 is 30.0 Å². The number of hydrogen-bond acceptors (Lipinski definition) is 6. The van der Waals surface area contributed by atoms with Gasteiger partial charge in [-0.3, -0.25) is 9.59 Å². The van der Waals surface area contributed by atoms with E-state index in [1.165, 1.54) is 0 Å². The first kappa shape index (κ1) is 13.2. The van der Waals surface area contributed by atoms with Gasteiger partial charge in [0, 0.05) is 0 Å². The molecule has 0 aliphatic heterocycles. The van der Waals surface area contributed by atoms with Gasteiger partial charge >= 0.3 is 0 Å². The van der Waals surface area contributed by atoms with Gasteiger partial charge in [-0.1, -0.05) is 0 Å². The first-order chi connectivity index (χ1) is 6.29. The van der Waals surface area contributed by atoms with Gasteiger partial charge in [0.25, 0.3) is 0 Å². The van der Waals surface area contributed by atoms with Crippen molar-refractivity contribution in [2.24, 2.45) is 0 Å². The van der Waals surface area contributed by atoms with Crippen LogP contribution in [0, 0.1) is 0 Å². The molecule has 6 nitrogen and oxygen atoms in total. The number of aliphatic hydroxyl groups excluding tert-OH is 4. The quantitative estimate of drug-likeness (QED) is 0.373. The minimum atomic E-state index is -1.86. The molecule has 0 radical (unpaired) electrons. The molecule has 0 aromatic rings. The van der Waals surface area contributed by atoms with E-state index in [1.807, 2.05) is 0 Å². The van der Waals surface area contributed by atoms with Gasteiger partial charge in [0.05, 0.1) is 12.2 Å². The Morgan fingerprint density at radius 3 is 1.14 bits per heavy atom. The van der Waals surface area contributed by atoms with Crippen LogP contribution in [0.25, 0.3) is 0 Å². The average Bonchev–Trinajstić information content (AvgIpc) is 2.12. The molecule has 0 bridgehead atoms. The van der Waals surface area contributed by atoms with Crippen molar-refractivity contribution in [3.05, 3.63) is 0 Å². The Morgan fingerprint density at radius 1 is 0.786 bits per heavy atom. The lowest BCUT2D eigenvalue weighted by Gasteiger charge is -2.15. The zero-order valence-electron chi connectivity index (χ0n) is 7.91. The molecule has 0 aromatic carbocycles. The smallest absolute Gasteiger partial charge is 0.232 e. The van der Waals surface area contributed by atoms with Gasteiger partial charge < -0.3 is 20.4 Å². The van der Waals surface area contributed by atoms with E-state index in [-0.39, 0.29) is 0 Å². The topological polar surface area (TPSA) is 115 Å². The van der Waals surface area contributed by atoms with Crippen LogP contribution in [0.3, 0.4) is 0 Å². The van der Waals surface area contributed by atoms with Gasteiger partial charge in [-0.2, -0.15) is 0 Å². The summed E-state index contributed by atoms with van der Waals surface area (Å²) in [4.78, 5) is 22.0.